The van der Waals surface area contributed by atoms with Gasteiger partial charge in [0.1, 0.15) is 5.83 Å². The van der Waals surface area contributed by atoms with Crippen LogP contribution >= 0.6 is 11.3 Å². The molecule has 0 atom stereocenters. The Labute approximate surface area is 126 Å². The number of methoxy groups -OCH3 is 1. The van der Waals surface area contributed by atoms with Crippen molar-refractivity contribution in [1.82, 2.24) is 0 Å². The molecule has 21 heavy (non-hydrogen) atoms. The maximum absolute atomic E-state index is 14.2. The molecule has 0 aromatic carbocycles. The average Bonchev–Trinajstić information content (AvgIpc) is 3.01. The van der Waals surface area contributed by atoms with Gasteiger partial charge in [-0.3, -0.25) is 9.79 Å². The van der Waals surface area contributed by atoms with Gasteiger partial charge in [-0.05, 0) is 26.0 Å². The summed E-state index contributed by atoms with van der Waals surface area (Å²) in [5.74, 6) is -0.708. The van der Waals surface area contributed by atoms with Gasteiger partial charge in [-0.15, -0.1) is 11.3 Å². The number of Topliss-reactive ketones (excluding diaryl/α,β-unsaturated/α-hetero) is 1. The lowest BCUT2D eigenvalue weighted by Gasteiger charge is -2.18. The Morgan fingerprint density at radius 1 is 1.43 bits per heavy atom. The summed E-state index contributed by atoms with van der Waals surface area (Å²) in [4.78, 5) is 18.6. The van der Waals surface area contributed by atoms with Gasteiger partial charge in [0, 0.05) is 28.6 Å². The molecule has 1 aromatic heterocycles. The van der Waals surface area contributed by atoms with E-state index in [2.05, 4.69) is 11.1 Å². The molecule has 0 saturated heterocycles. The third-order valence-corrected chi connectivity index (χ3v) is 4.34. The van der Waals surface area contributed by atoms with Gasteiger partial charge in [0.2, 0.25) is 5.78 Å². The van der Waals surface area contributed by atoms with Crippen LogP contribution in [0.15, 0.2) is 45.6 Å². The average molecular weight is 302 g/mol. The van der Waals surface area contributed by atoms with Crippen LogP contribution in [0.2, 0.25) is 0 Å². The number of fused-ring (bicyclic) bond motifs is 1. The van der Waals surface area contributed by atoms with Gasteiger partial charge in [0.25, 0.3) is 0 Å². The smallest absolute Gasteiger partial charge is 0.207 e. The molecule has 0 unspecified atom stereocenters. The third-order valence-electron chi connectivity index (χ3n) is 3.34. The van der Waals surface area contributed by atoms with Crippen molar-refractivity contribution in [3.63, 3.8) is 0 Å². The van der Waals surface area contributed by atoms with Crippen molar-refractivity contribution in [1.29, 1.82) is 0 Å². The molecule has 2 aliphatic rings. The topological polar surface area (TPSA) is 38.7 Å². The van der Waals surface area contributed by atoms with Crippen LogP contribution in [-0.2, 0) is 4.74 Å². The Bertz CT molecular complexity index is 765. The van der Waals surface area contributed by atoms with Crippen LogP contribution in [0.4, 0.5) is 4.39 Å². The van der Waals surface area contributed by atoms with Crippen LogP contribution in [0.1, 0.15) is 27.9 Å². The van der Waals surface area contributed by atoms with Crippen molar-refractivity contribution in [2.24, 2.45) is 4.99 Å². The molecular weight excluding hydrogens is 289 g/mol. The Balaban J connectivity index is 2.17. The van der Waals surface area contributed by atoms with E-state index in [0.717, 1.165) is 4.88 Å². The number of hydrogen-bond donors (Lipinski definition) is 0. The summed E-state index contributed by atoms with van der Waals surface area (Å²) in [7, 11) is 1.37. The van der Waals surface area contributed by atoms with E-state index in [9.17, 15) is 9.18 Å². The van der Waals surface area contributed by atoms with Crippen molar-refractivity contribution in [3.8, 4) is 0 Å². The number of thiophene rings is 1. The molecule has 0 N–H and O–H groups in total. The first-order valence-electron chi connectivity index (χ1n) is 6.48. The number of hydrogen-bond acceptors (Lipinski definition) is 4. The number of aliphatic imine (C=N–C) groups is 1. The highest BCUT2D eigenvalue weighted by atomic mass is 32.1. The highest BCUT2D eigenvalue weighted by molar-refractivity contribution is 7.14. The predicted molar refractivity (Wildman–Crippen MR) is 80.0 cm³/mol. The number of carbonyl (C=O) groups excluding carboxylic acids is 1. The first-order valence-corrected chi connectivity index (χ1v) is 7.30. The van der Waals surface area contributed by atoms with Crippen molar-refractivity contribution >= 4 is 22.8 Å². The second-order valence-corrected chi connectivity index (χ2v) is 6.16. The molecule has 1 aromatic rings. The van der Waals surface area contributed by atoms with E-state index in [1.54, 1.807) is 13.0 Å². The molecule has 0 fully saturated rings. The molecule has 1 aliphatic heterocycles. The zero-order valence-corrected chi connectivity index (χ0v) is 12.7. The van der Waals surface area contributed by atoms with Gasteiger partial charge >= 0.3 is 0 Å². The lowest BCUT2D eigenvalue weighted by molar-refractivity contribution is 0.102. The molecule has 107 valence electrons. The standard InChI is InChI=1S/C16H13FNO2S/c1-8-6-10-12(18-8)7-11(17)16(20-3)14(10)15(19)13-5-4-9(2)21-13/h4-5H,7H2,1-3H3. The number of aryl methyl sites for hydroxylation is 1. The Morgan fingerprint density at radius 2 is 2.19 bits per heavy atom. The molecular formula is C16H13FNO2S. The van der Waals surface area contributed by atoms with Crippen LogP contribution in [0.25, 0.3) is 0 Å². The minimum Gasteiger partial charge on any atom is -0.493 e. The third kappa shape index (κ3) is 2.27. The molecule has 0 saturated carbocycles. The largest absolute Gasteiger partial charge is 0.493 e. The molecule has 1 radical (unpaired) electrons. The van der Waals surface area contributed by atoms with E-state index in [1.807, 2.05) is 13.0 Å². The summed E-state index contributed by atoms with van der Waals surface area (Å²) >= 11 is 1.38. The molecule has 0 spiro atoms. The highest BCUT2D eigenvalue weighted by Crippen LogP contribution is 2.36. The number of carbonyl (C=O) groups is 1. The van der Waals surface area contributed by atoms with Crippen LogP contribution < -0.4 is 0 Å². The SMILES string of the molecule is COC1=C(F)CC2=NC(C)=[C]C2=C1C(=O)c1ccc(C)s1. The van der Waals surface area contributed by atoms with Crippen molar-refractivity contribution in [3.05, 3.63) is 56.4 Å². The monoisotopic (exact) mass is 302 g/mol. The Morgan fingerprint density at radius 3 is 2.81 bits per heavy atom. The minimum absolute atomic E-state index is 0.00204. The Hall–Kier alpha value is -2.01. The highest BCUT2D eigenvalue weighted by Gasteiger charge is 2.34. The molecule has 0 amide bonds. The van der Waals surface area contributed by atoms with E-state index < -0.39 is 5.83 Å². The molecule has 3 nitrogen and oxygen atoms in total. The second kappa shape index (κ2) is 5.07. The molecule has 0 bridgehead atoms. The fourth-order valence-corrected chi connectivity index (χ4v) is 3.27. The zero-order chi connectivity index (χ0) is 15.1. The molecule has 2 heterocycles. The van der Waals surface area contributed by atoms with Gasteiger partial charge in [-0.25, -0.2) is 4.39 Å². The number of allylic oxidation sites excluding steroid dienone is 5. The lowest BCUT2D eigenvalue weighted by Crippen LogP contribution is -2.18. The zero-order valence-electron chi connectivity index (χ0n) is 11.9. The predicted octanol–water partition coefficient (Wildman–Crippen LogP) is 3.93. The second-order valence-electron chi connectivity index (χ2n) is 4.87. The van der Waals surface area contributed by atoms with Crippen LogP contribution in [0.3, 0.4) is 0 Å². The Kier molecular flexibility index (Phi) is 3.37. The number of rotatable bonds is 3. The molecule has 3 rings (SSSR count). The first kappa shape index (κ1) is 13.9. The number of ether oxygens (including phenoxy) is 1. The number of ketones is 1. The van der Waals surface area contributed by atoms with Crippen molar-refractivity contribution in [2.75, 3.05) is 7.11 Å². The first-order chi connectivity index (χ1) is 10.0. The van der Waals surface area contributed by atoms with Gasteiger partial charge in [-0.1, -0.05) is 0 Å². The van der Waals surface area contributed by atoms with E-state index in [4.69, 9.17) is 4.74 Å². The minimum atomic E-state index is -0.465. The summed E-state index contributed by atoms with van der Waals surface area (Å²) in [6, 6.07) is 3.62. The van der Waals surface area contributed by atoms with Gasteiger partial charge < -0.3 is 4.74 Å². The van der Waals surface area contributed by atoms with Crippen LogP contribution in [-0.4, -0.2) is 18.6 Å². The number of nitrogens with zero attached hydrogens (tertiary/aromatic N) is 1. The molecule has 5 heteroatoms. The normalized spacial score (nSPS) is 17.7. The summed E-state index contributed by atoms with van der Waals surface area (Å²) in [5.41, 5.74) is 1.97. The van der Waals surface area contributed by atoms with E-state index in [1.165, 1.54) is 18.4 Å². The number of halogens is 1. The summed E-state index contributed by atoms with van der Waals surface area (Å²) in [5, 5.41) is 0. The van der Waals surface area contributed by atoms with Crippen LogP contribution in [0.5, 0.6) is 0 Å². The lowest BCUT2D eigenvalue weighted by atomic mass is 9.91. The summed E-state index contributed by atoms with van der Waals surface area (Å²) < 4.78 is 19.3. The van der Waals surface area contributed by atoms with Crippen molar-refractivity contribution < 1.29 is 13.9 Å². The maximum Gasteiger partial charge on any atom is 0.207 e. The summed E-state index contributed by atoms with van der Waals surface area (Å²) in [6.45, 7) is 3.70. The van der Waals surface area contributed by atoms with Crippen LogP contribution in [0, 0.1) is 13.0 Å². The molecule has 1 aliphatic carbocycles. The maximum atomic E-state index is 14.2. The van der Waals surface area contributed by atoms with E-state index in [-0.39, 0.29) is 23.5 Å². The van der Waals surface area contributed by atoms with Crippen molar-refractivity contribution in [2.45, 2.75) is 20.3 Å². The fourth-order valence-electron chi connectivity index (χ4n) is 2.46. The van der Waals surface area contributed by atoms with Gasteiger partial charge in [0.05, 0.1) is 23.3 Å². The van der Waals surface area contributed by atoms with Gasteiger partial charge in [0.15, 0.2) is 5.76 Å². The summed E-state index contributed by atoms with van der Waals surface area (Å²) in [6.07, 6.45) is 3.09. The van der Waals surface area contributed by atoms with E-state index >= 15 is 0 Å². The van der Waals surface area contributed by atoms with E-state index in [0.29, 0.717) is 21.9 Å². The van der Waals surface area contributed by atoms with Gasteiger partial charge in [-0.2, -0.15) is 0 Å². The quantitative estimate of drug-likeness (QED) is 0.794. The fraction of sp³-hybridized carbons (Fsp3) is 0.250.